The van der Waals surface area contributed by atoms with Crippen molar-refractivity contribution < 1.29 is 9.84 Å². The van der Waals surface area contributed by atoms with E-state index in [0.717, 1.165) is 22.4 Å². The molecular weight excluding hydrogens is 248 g/mol. The lowest BCUT2D eigenvalue weighted by Gasteiger charge is -2.12. The number of allylic oxidation sites excluding steroid dienone is 2. The number of phenols is 1. The second-order valence-electron chi connectivity index (χ2n) is 5.03. The van der Waals surface area contributed by atoms with Crippen molar-refractivity contribution >= 4 is 0 Å². The molecule has 0 radical (unpaired) electrons. The largest absolute Gasteiger partial charge is 0.507 e. The Bertz CT molecular complexity index is 609. The molecule has 0 amide bonds. The number of hydrogen-bond acceptors (Lipinski definition) is 2. The maximum absolute atomic E-state index is 10.3. The highest BCUT2D eigenvalue weighted by Gasteiger charge is 2.11. The van der Waals surface area contributed by atoms with Crippen LogP contribution < -0.4 is 4.74 Å². The van der Waals surface area contributed by atoms with E-state index >= 15 is 0 Å². The predicted octanol–water partition coefficient (Wildman–Crippen LogP) is 4.58. The number of phenolic OH excluding ortho intramolecular Hbond substituents is 1. The maximum Gasteiger partial charge on any atom is 0.126 e. The number of rotatable bonds is 4. The van der Waals surface area contributed by atoms with E-state index in [1.165, 1.54) is 5.57 Å². The fourth-order valence-corrected chi connectivity index (χ4v) is 2.12. The summed E-state index contributed by atoms with van der Waals surface area (Å²) in [6, 6.07) is 13.7. The zero-order valence-electron chi connectivity index (χ0n) is 12.2. The first-order chi connectivity index (χ1) is 9.61. The van der Waals surface area contributed by atoms with Gasteiger partial charge >= 0.3 is 0 Å². The average molecular weight is 268 g/mol. The first-order valence-electron chi connectivity index (χ1n) is 6.70. The molecule has 0 atom stereocenters. The van der Waals surface area contributed by atoms with E-state index in [2.05, 4.69) is 6.08 Å². The molecule has 2 heteroatoms. The van der Waals surface area contributed by atoms with Gasteiger partial charge in [-0.2, -0.15) is 0 Å². The highest BCUT2D eigenvalue weighted by atomic mass is 16.5. The minimum absolute atomic E-state index is 0.278. The van der Waals surface area contributed by atoms with Gasteiger partial charge in [-0.25, -0.2) is 0 Å². The van der Waals surface area contributed by atoms with Gasteiger partial charge in [-0.15, -0.1) is 0 Å². The van der Waals surface area contributed by atoms with Gasteiger partial charge in [0.25, 0.3) is 0 Å². The molecule has 0 aliphatic rings. The van der Waals surface area contributed by atoms with Crippen LogP contribution in [-0.2, 0) is 6.42 Å². The number of methoxy groups -OCH3 is 1. The average Bonchev–Trinajstić information content (AvgIpc) is 2.46. The Morgan fingerprint density at radius 1 is 1.10 bits per heavy atom. The first kappa shape index (κ1) is 14.2. The molecule has 0 saturated heterocycles. The molecule has 0 fully saturated rings. The molecule has 2 aromatic carbocycles. The van der Waals surface area contributed by atoms with Gasteiger partial charge in [0.05, 0.1) is 7.11 Å². The summed E-state index contributed by atoms with van der Waals surface area (Å²) < 4.78 is 5.43. The van der Waals surface area contributed by atoms with Crippen LogP contribution in [0.5, 0.6) is 11.5 Å². The Balaban J connectivity index is 2.45. The molecule has 0 aliphatic heterocycles. The summed E-state index contributed by atoms with van der Waals surface area (Å²) >= 11 is 0. The van der Waals surface area contributed by atoms with Crippen molar-refractivity contribution in [3.63, 3.8) is 0 Å². The van der Waals surface area contributed by atoms with Crippen LogP contribution in [0.15, 0.2) is 54.1 Å². The van der Waals surface area contributed by atoms with E-state index in [0.29, 0.717) is 6.42 Å². The lowest BCUT2D eigenvalue weighted by Crippen LogP contribution is -1.93. The molecule has 0 bridgehead atoms. The third kappa shape index (κ3) is 3.21. The zero-order valence-corrected chi connectivity index (χ0v) is 12.2. The Morgan fingerprint density at radius 3 is 2.40 bits per heavy atom. The van der Waals surface area contributed by atoms with E-state index in [-0.39, 0.29) is 5.75 Å². The SMILES string of the molecule is COc1cc(-c2ccccc2)cc(O)c1CC=C(C)C. The Labute approximate surface area is 120 Å². The van der Waals surface area contributed by atoms with Gasteiger partial charge in [0.2, 0.25) is 0 Å². The van der Waals surface area contributed by atoms with Gasteiger partial charge in [-0.1, -0.05) is 42.0 Å². The van der Waals surface area contributed by atoms with Gasteiger partial charge in [0.1, 0.15) is 11.5 Å². The van der Waals surface area contributed by atoms with Crippen LogP contribution in [0.25, 0.3) is 11.1 Å². The molecule has 104 valence electrons. The van der Waals surface area contributed by atoms with Gasteiger partial charge < -0.3 is 9.84 Å². The smallest absolute Gasteiger partial charge is 0.126 e. The lowest BCUT2D eigenvalue weighted by atomic mass is 10.00. The van der Waals surface area contributed by atoms with E-state index in [1.807, 2.05) is 50.2 Å². The minimum Gasteiger partial charge on any atom is -0.507 e. The fourth-order valence-electron chi connectivity index (χ4n) is 2.12. The van der Waals surface area contributed by atoms with Gasteiger partial charge in [0, 0.05) is 5.56 Å². The van der Waals surface area contributed by atoms with Crippen molar-refractivity contribution in [3.05, 3.63) is 59.7 Å². The van der Waals surface area contributed by atoms with Gasteiger partial charge in [0.15, 0.2) is 0 Å². The standard InChI is InChI=1S/C18H20O2/c1-13(2)9-10-16-17(19)11-15(12-18(16)20-3)14-7-5-4-6-8-14/h4-9,11-12,19H,10H2,1-3H3. The van der Waals surface area contributed by atoms with Crippen molar-refractivity contribution in [3.8, 4) is 22.6 Å². The lowest BCUT2D eigenvalue weighted by molar-refractivity contribution is 0.401. The van der Waals surface area contributed by atoms with Crippen LogP contribution in [0.1, 0.15) is 19.4 Å². The zero-order chi connectivity index (χ0) is 14.5. The summed E-state index contributed by atoms with van der Waals surface area (Å²) in [5.74, 6) is 1.00. The summed E-state index contributed by atoms with van der Waals surface area (Å²) in [7, 11) is 1.63. The second kappa shape index (κ2) is 6.29. The van der Waals surface area contributed by atoms with Crippen LogP contribution in [-0.4, -0.2) is 12.2 Å². The molecule has 0 heterocycles. The Hall–Kier alpha value is -2.22. The summed E-state index contributed by atoms with van der Waals surface area (Å²) in [6.07, 6.45) is 2.76. The van der Waals surface area contributed by atoms with Crippen molar-refractivity contribution in [2.24, 2.45) is 0 Å². The third-order valence-electron chi connectivity index (χ3n) is 3.23. The van der Waals surface area contributed by atoms with E-state index in [9.17, 15) is 5.11 Å². The summed E-state index contributed by atoms with van der Waals surface area (Å²) in [6.45, 7) is 4.09. The first-order valence-corrected chi connectivity index (χ1v) is 6.70. The van der Waals surface area contributed by atoms with E-state index in [4.69, 9.17) is 4.74 Å². The molecule has 0 saturated carbocycles. The quantitative estimate of drug-likeness (QED) is 0.823. The summed E-state index contributed by atoms with van der Waals surface area (Å²) in [5, 5.41) is 10.3. The van der Waals surface area contributed by atoms with Crippen LogP contribution in [0, 0.1) is 0 Å². The number of benzene rings is 2. The van der Waals surface area contributed by atoms with Crippen molar-refractivity contribution in [1.82, 2.24) is 0 Å². The predicted molar refractivity (Wildman–Crippen MR) is 83.2 cm³/mol. The molecule has 0 aromatic heterocycles. The normalized spacial score (nSPS) is 10.2. The minimum atomic E-state index is 0.278. The van der Waals surface area contributed by atoms with Crippen molar-refractivity contribution in [1.29, 1.82) is 0 Å². The van der Waals surface area contributed by atoms with Gasteiger partial charge in [-0.3, -0.25) is 0 Å². The highest BCUT2D eigenvalue weighted by molar-refractivity contribution is 5.69. The molecule has 0 aliphatic carbocycles. The topological polar surface area (TPSA) is 29.5 Å². The Morgan fingerprint density at radius 2 is 1.80 bits per heavy atom. The summed E-state index contributed by atoms with van der Waals surface area (Å²) in [5.41, 5.74) is 4.07. The fraction of sp³-hybridized carbons (Fsp3) is 0.222. The number of aromatic hydroxyl groups is 1. The molecule has 2 rings (SSSR count). The summed E-state index contributed by atoms with van der Waals surface area (Å²) in [4.78, 5) is 0. The van der Waals surface area contributed by atoms with Crippen LogP contribution in [0.2, 0.25) is 0 Å². The molecular formula is C18H20O2. The highest BCUT2D eigenvalue weighted by Crippen LogP contribution is 2.35. The van der Waals surface area contributed by atoms with Crippen LogP contribution >= 0.6 is 0 Å². The van der Waals surface area contributed by atoms with E-state index < -0.39 is 0 Å². The van der Waals surface area contributed by atoms with E-state index in [1.54, 1.807) is 13.2 Å². The van der Waals surface area contributed by atoms with Gasteiger partial charge in [-0.05, 0) is 43.5 Å². The third-order valence-corrected chi connectivity index (χ3v) is 3.23. The Kier molecular flexibility index (Phi) is 4.46. The number of hydrogen-bond donors (Lipinski definition) is 1. The van der Waals surface area contributed by atoms with Crippen LogP contribution in [0.4, 0.5) is 0 Å². The molecule has 0 unspecified atom stereocenters. The van der Waals surface area contributed by atoms with Crippen LogP contribution in [0.3, 0.4) is 0 Å². The molecule has 2 aromatic rings. The second-order valence-corrected chi connectivity index (χ2v) is 5.03. The molecule has 2 nitrogen and oxygen atoms in total. The van der Waals surface area contributed by atoms with Crippen molar-refractivity contribution in [2.45, 2.75) is 20.3 Å². The molecule has 1 N–H and O–H groups in total. The van der Waals surface area contributed by atoms with Crippen molar-refractivity contribution in [2.75, 3.05) is 7.11 Å². The number of ether oxygens (including phenoxy) is 1. The maximum atomic E-state index is 10.3. The monoisotopic (exact) mass is 268 g/mol. The molecule has 0 spiro atoms. The molecule has 20 heavy (non-hydrogen) atoms.